The monoisotopic (exact) mass is 249 g/mol. The number of carbonyl (C=O) groups is 1. The second kappa shape index (κ2) is 5.50. The van der Waals surface area contributed by atoms with Crippen molar-refractivity contribution < 1.29 is 14.3 Å². The van der Waals surface area contributed by atoms with Crippen LogP contribution in [0.15, 0.2) is 24.3 Å². The highest BCUT2D eigenvalue weighted by atomic mass is 16.6. The smallest absolute Gasteiger partial charge is 0.338 e. The van der Waals surface area contributed by atoms with E-state index in [1.54, 1.807) is 12.1 Å². The van der Waals surface area contributed by atoms with Gasteiger partial charge >= 0.3 is 5.97 Å². The lowest BCUT2D eigenvalue weighted by Gasteiger charge is -2.14. The SMILES string of the molecule is Cc1ccc(C(=O)OC[C@H]2O[C@@H](N)C[C@H]2C)cc1. The zero-order valence-corrected chi connectivity index (χ0v) is 10.8. The molecule has 0 amide bonds. The molecule has 2 rings (SSSR count). The predicted octanol–water partition coefficient (Wildman–Crippen LogP) is 1.86. The van der Waals surface area contributed by atoms with Crippen LogP contribution in [0.25, 0.3) is 0 Å². The molecular weight excluding hydrogens is 230 g/mol. The van der Waals surface area contributed by atoms with Crippen LogP contribution < -0.4 is 5.73 Å². The highest BCUT2D eigenvalue weighted by molar-refractivity contribution is 5.89. The standard InChI is InChI=1S/C14H19NO3/c1-9-3-5-11(6-4-9)14(16)17-8-12-10(2)7-13(15)18-12/h3-6,10,12-13H,7-8,15H2,1-2H3/t10-,12-,13-/m1/s1. The molecule has 0 saturated carbocycles. The van der Waals surface area contributed by atoms with Gasteiger partial charge in [-0.25, -0.2) is 4.79 Å². The normalized spacial score (nSPS) is 27.2. The van der Waals surface area contributed by atoms with E-state index < -0.39 is 0 Å². The van der Waals surface area contributed by atoms with Crippen molar-refractivity contribution in [2.75, 3.05) is 6.61 Å². The van der Waals surface area contributed by atoms with Crippen molar-refractivity contribution in [3.63, 3.8) is 0 Å². The van der Waals surface area contributed by atoms with Gasteiger partial charge in [0.2, 0.25) is 0 Å². The quantitative estimate of drug-likeness (QED) is 0.831. The molecule has 0 unspecified atom stereocenters. The Labute approximate surface area is 107 Å². The van der Waals surface area contributed by atoms with E-state index in [4.69, 9.17) is 15.2 Å². The van der Waals surface area contributed by atoms with E-state index in [0.717, 1.165) is 12.0 Å². The lowest BCUT2D eigenvalue weighted by Crippen LogP contribution is -2.25. The van der Waals surface area contributed by atoms with Gasteiger partial charge in [-0.05, 0) is 31.4 Å². The van der Waals surface area contributed by atoms with Crippen LogP contribution in [0.3, 0.4) is 0 Å². The van der Waals surface area contributed by atoms with E-state index in [1.807, 2.05) is 19.1 Å². The first-order valence-corrected chi connectivity index (χ1v) is 6.21. The lowest BCUT2D eigenvalue weighted by molar-refractivity contribution is -0.0136. The largest absolute Gasteiger partial charge is 0.459 e. The molecule has 3 atom stereocenters. The fraction of sp³-hybridized carbons (Fsp3) is 0.500. The first kappa shape index (κ1) is 13.1. The number of carbonyl (C=O) groups excluding carboxylic acids is 1. The predicted molar refractivity (Wildman–Crippen MR) is 68.1 cm³/mol. The van der Waals surface area contributed by atoms with Crippen LogP contribution in [0.5, 0.6) is 0 Å². The maximum Gasteiger partial charge on any atom is 0.338 e. The molecule has 1 aromatic rings. The minimum atomic E-state index is -0.314. The summed E-state index contributed by atoms with van der Waals surface area (Å²) in [6, 6.07) is 7.31. The van der Waals surface area contributed by atoms with Crippen LogP contribution >= 0.6 is 0 Å². The fourth-order valence-corrected chi connectivity index (χ4v) is 2.07. The molecule has 1 fully saturated rings. The van der Waals surface area contributed by atoms with Gasteiger partial charge in [-0.2, -0.15) is 0 Å². The van der Waals surface area contributed by atoms with E-state index in [1.165, 1.54) is 0 Å². The van der Waals surface area contributed by atoms with Gasteiger partial charge in [0.25, 0.3) is 0 Å². The summed E-state index contributed by atoms with van der Waals surface area (Å²) >= 11 is 0. The number of nitrogens with two attached hydrogens (primary N) is 1. The zero-order chi connectivity index (χ0) is 13.1. The van der Waals surface area contributed by atoms with E-state index in [2.05, 4.69) is 6.92 Å². The molecular formula is C14H19NO3. The van der Waals surface area contributed by atoms with E-state index in [9.17, 15) is 4.79 Å². The Bertz CT molecular complexity index is 416. The third kappa shape index (κ3) is 3.09. The number of ether oxygens (including phenoxy) is 2. The van der Waals surface area contributed by atoms with E-state index in [0.29, 0.717) is 11.5 Å². The van der Waals surface area contributed by atoms with Crippen LogP contribution in [-0.4, -0.2) is 24.9 Å². The maximum absolute atomic E-state index is 11.8. The van der Waals surface area contributed by atoms with Crippen LogP contribution in [0.1, 0.15) is 29.3 Å². The summed E-state index contributed by atoms with van der Waals surface area (Å²) in [7, 11) is 0. The average molecular weight is 249 g/mol. The molecule has 2 N–H and O–H groups in total. The van der Waals surface area contributed by atoms with Crippen molar-refractivity contribution in [2.24, 2.45) is 11.7 Å². The molecule has 18 heavy (non-hydrogen) atoms. The highest BCUT2D eigenvalue weighted by Crippen LogP contribution is 2.23. The second-order valence-corrected chi connectivity index (χ2v) is 4.89. The summed E-state index contributed by atoms with van der Waals surface area (Å²) in [6.45, 7) is 4.30. The van der Waals surface area contributed by atoms with Gasteiger partial charge in [0.05, 0.1) is 11.7 Å². The van der Waals surface area contributed by atoms with Crippen LogP contribution in [0.4, 0.5) is 0 Å². The number of rotatable bonds is 3. The van der Waals surface area contributed by atoms with Crippen LogP contribution in [0.2, 0.25) is 0 Å². The summed E-state index contributed by atoms with van der Waals surface area (Å²) in [5.74, 6) is 0.0112. The van der Waals surface area contributed by atoms with Crippen molar-refractivity contribution in [3.05, 3.63) is 35.4 Å². The Kier molecular flexibility index (Phi) is 3.99. The van der Waals surface area contributed by atoms with Gasteiger partial charge in [-0.15, -0.1) is 0 Å². The first-order chi connectivity index (χ1) is 8.56. The summed E-state index contributed by atoms with van der Waals surface area (Å²) < 4.78 is 10.7. The molecule has 1 heterocycles. The summed E-state index contributed by atoms with van der Waals surface area (Å²) in [4.78, 5) is 11.8. The molecule has 1 aromatic carbocycles. The summed E-state index contributed by atoms with van der Waals surface area (Å²) in [5.41, 5.74) is 7.37. The van der Waals surface area contributed by atoms with Crippen molar-refractivity contribution in [1.29, 1.82) is 0 Å². The number of hydrogen-bond acceptors (Lipinski definition) is 4. The molecule has 0 aliphatic carbocycles. The number of esters is 1. The molecule has 4 heteroatoms. The average Bonchev–Trinajstić information content (AvgIpc) is 2.66. The molecule has 98 valence electrons. The Balaban J connectivity index is 1.87. The topological polar surface area (TPSA) is 61.5 Å². The minimum Gasteiger partial charge on any atom is -0.459 e. The molecule has 0 radical (unpaired) electrons. The van der Waals surface area contributed by atoms with E-state index >= 15 is 0 Å². The molecule has 4 nitrogen and oxygen atoms in total. The lowest BCUT2D eigenvalue weighted by atomic mass is 10.0. The molecule has 0 bridgehead atoms. The van der Waals surface area contributed by atoms with Crippen LogP contribution in [-0.2, 0) is 9.47 Å². The summed E-state index contributed by atoms with van der Waals surface area (Å²) in [5, 5.41) is 0. The highest BCUT2D eigenvalue weighted by Gasteiger charge is 2.30. The Hall–Kier alpha value is -1.39. The van der Waals surface area contributed by atoms with Crippen molar-refractivity contribution in [1.82, 2.24) is 0 Å². The third-order valence-electron chi connectivity index (χ3n) is 3.25. The van der Waals surface area contributed by atoms with Crippen molar-refractivity contribution in [3.8, 4) is 0 Å². The first-order valence-electron chi connectivity index (χ1n) is 6.21. The number of benzene rings is 1. The second-order valence-electron chi connectivity index (χ2n) is 4.89. The van der Waals surface area contributed by atoms with Gasteiger partial charge in [0.1, 0.15) is 12.8 Å². The summed E-state index contributed by atoms with van der Waals surface area (Å²) in [6.07, 6.45) is 0.490. The molecule has 0 aromatic heterocycles. The maximum atomic E-state index is 11.8. The Morgan fingerprint density at radius 1 is 1.44 bits per heavy atom. The molecule has 1 aliphatic heterocycles. The van der Waals surface area contributed by atoms with Crippen LogP contribution in [0, 0.1) is 12.8 Å². The van der Waals surface area contributed by atoms with Gasteiger partial charge in [0.15, 0.2) is 0 Å². The van der Waals surface area contributed by atoms with Crippen molar-refractivity contribution in [2.45, 2.75) is 32.6 Å². The zero-order valence-electron chi connectivity index (χ0n) is 10.8. The fourth-order valence-electron chi connectivity index (χ4n) is 2.07. The Morgan fingerprint density at radius 2 is 2.11 bits per heavy atom. The van der Waals surface area contributed by atoms with Gasteiger partial charge in [-0.3, -0.25) is 0 Å². The third-order valence-corrected chi connectivity index (χ3v) is 3.25. The van der Waals surface area contributed by atoms with Gasteiger partial charge < -0.3 is 15.2 Å². The van der Waals surface area contributed by atoms with Gasteiger partial charge in [0, 0.05) is 0 Å². The number of hydrogen-bond donors (Lipinski definition) is 1. The molecule has 0 spiro atoms. The van der Waals surface area contributed by atoms with Gasteiger partial charge in [-0.1, -0.05) is 24.6 Å². The Morgan fingerprint density at radius 3 is 2.67 bits per heavy atom. The number of aryl methyl sites for hydroxylation is 1. The molecule has 1 aliphatic rings. The van der Waals surface area contributed by atoms with E-state index in [-0.39, 0.29) is 24.9 Å². The molecule has 1 saturated heterocycles. The van der Waals surface area contributed by atoms with Crippen molar-refractivity contribution >= 4 is 5.97 Å². The minimum absolute atomic E-state index is 0.0885.